The molecule has 13 heavy (non-hydrogen) atoms. The molecule has 0 aliphatic rings. The van der Waals surface area contributed by atoms with Crippen molar-refractivity contribution in [2.24, 2.45) is 5.73 Å². The summed E-state index contributed by atoms with van der Waals surface area (Å²) in [6.07, 6.45) is 1.87. The van der Waals surface area contributed by atoms with E-state index in [0.29, 0.717) is 12.4 Å². The Morgan fingerprint density at radius 3 is 2.77 bits per heavy atom. The Morgan fingerprint density at radius 1 is 1.54 bits per heavy atom. The van der Waals surface area contributed by atoms with Crippen molar-refractivity contribution in [3.05, 3.63) is 23.9 Å². The van der Waals surface area contributed by atoms with E-state index >= 15 is 0 Å². The highest BCUT2D eigenvalue weighted by Gasteiger charge is 1.98. The summed E-state index contributed by atoms with van der Waals surface area (Å²) in [4.78, 5) is 4.05. The number of halogens is 1. The summed E-state index contributed by atoms with van der Waals surface area (Å²) < 4.78 is 5.39. The minimum absolute atomic E-state index is 0. The predicted molar refractivity (Wildman–Crippen MR) is 55.1 cm³/mol. The van der Waals surface area contributed by atoms with Crippen LogP contribution < -0.4 is 10.5 Å². The second-order valence-corrected chi connectivity index (χ2v) is 2.87. The molecule has 1 aromatic heterocycles. The normalized spacial score (nSPS) is 9.54. The topological polar surface area (TPSA) is 48.1 Å². The lowest BCUT2D eigenvalue weighted by molar-refractivity contribution is 0.232. The molecular formula is C9H15ClN2O. The van der Waals surface area contributed by atoms with E-state index < -0.39 is 0 Å². The smallest absolute Gasteiger partial charge is 0.213 e. The van der Waals surface area contributed by atoms with Gasteiger partial charge in [-0.2, -0.15) is 0 Å². The molecule has 0 amide bonds. The lowest BCUT2D eigenvalue weighted by Gasteiger charge is -2.08. The average molecular weight is 203 g/mol. The largest absolute Gasteiger partial charge is 0.475 e. The van der Waals surface area contributed by atoms with Gasteiger partial charge in [-0.05, 0) is 25.5 Å². The molecule has 0 saturated carbocycles. The number of aromatic nitrogens is 1. The predicted octanol–water partition coefficient (Wildman–Crippen LogP) is 1.75. The Hall–Kier alpha value is -0.800. The van der Waals surface area contributed by atoms with E-state index in [0.717, 1.165) is 5.56 Å². The minimum Gasteiger partial charge on any atom is -0.475 e. The van der Waals surface area contributed by atoms with Gasteiger partial charge in [-0.25, -0.2) is 4.98 Å². The molecule has 0 fully saturated rings. The molecule has 0 spiro atoms. The van der Waals surface area contributed by atoms with Gasteiger partial charge in [0.15, 0.2) is 0 Å². The molecule has 0 atom stereocenters. The van der Waals surface area contributed by atoms with Gasteiger partial charge >= 0.3 is 0 Å². The molecular weight excluding hydrogens is 188 g/mol. The average Bonchev–Trinajstić information content (AvgIpc) is 2.03. The van der Waals surface area contributed by atoms with E-state index in [1.165, 1.54) is 0 Å². The Labute approximate surface area is 84.7 Å². The van der Waals surface area contributed by atoms with Gasteiger partial charge in [0.05, 0.1) is 6.10 Å². The first-order valence-electron chi connectivity index (χ1n) is 4.04. The third-order valence-electron chi connectivity index (χ3n) is 1.39. The van der Waals surface area contributed by atoms with Gasteiger partial charge in [0.25, 0.3) is 0 Å². The summed E-state index contributed by atoms with van der Waals surface area (Å²) in [6.45, 7) is 4.46. The third kappa shape index (κ3) is 4.10. The monoisotopic (exact) mass is 202 g/mol. The molecule has 0 radical (unpaired) electrons. The Balaban J connectivity index is 0.00000144. The van der Waals surface area contributed by atoms with Crippen molar-refractivity contribution in [3.8, 4) is 5.88 Å². The molecule has 1 rings (SSSR count). The van der Waals surface area contributed by atoms with Crippen molar-refractivity contribution in [2.75, 3.05) is 0 Å². The minimum atomic E-state index is 0. The van der Waals surface area contributed by atoms with E-state index in [4.69, 9.17) is 10.5 Å². The molecule has 74 valence electrons. The highest BCUT2D eigenvalue weighted by Crippen LogP contribution is 2.09. The molecule has 0 aromatic carbocycles. The molecule has 3 nitrogen and oxygen atoms in total. The van der Waals surface area contributed by atoms with Crippen LogP contribution in [0.4, 0.5) is 0 Å². The number of nitrogens with two attached hydrogens (primary N) is 1. The number of nitrogens with zero attached hydrogens (tertiary/aromatic N) is 1. The van der Waals surface area contributed by atoms with Crippen molar-refractivity contribution < 1.29 is 4.74 Å². The summed E-state index contributed by atoms with van der Waals surface area (Å²) in [7, 11) is 0. The van der Waals surface area contributed by atoms with Crippen LogP contribution in [0.5, 0.6) is 5.88 Å². The lowest BCUT2D eigenvalue weighted by atomic mass is 10.3. The summed E-state index contributed by atoms with van der Waals surface area (Å²) in [5.41, 5.74) is 6.51. The first-order valence-corrected chi connectivity index (χ1v) is 4.04. The molecule has 0 bridgehead atoms. The van der Waals surface area contributed by atoms with E-state index in [-0.39, 0.29) is 18.5 Å². The van der Waals surface area contributed by atoms with Crippen LogP contribution in [0, 0.1) is 0 Å². The van der Waals surface area contributed by atoms with Gasteiger partial charge in [0, 0.05) is 18.8 Å². The molecule has 1 aromatic rings. The van der Waals surface area contributed by atoms with Gasteiger partial charge in [-0.15, -0.1) is 12.4 Å². The van der Waals surface area contributed by atoms with Gasteiger partial charge < -0.3 is 10.5 Å². The van der Waals surface area contributed by atoms with Crippen molar-refractivity contribution >= 4 is 12.4 Å². The Morgan fingerprint density at radius 2 is 2.23 bits per heavy atom. The molecule has 0 saturated heterocycles. The molecule has 1 heterocycles. The first-order chi connectivity index (χ1) is 5.72. The van der Waals surface area contributed by atoms with Crippen LogP contribution in [0.25, 0.3) is 0 Å². The number of rotatable bonds is 3. The first kappa shape index (κ1) is 12.2. The highest BCUT2D eigenvalue weighted by atomic mass is 35.5. The summed E-state index contributed by atoms with van der Waals surface area (Å²) in [5, 5.41) is 0. The zero-order valence-electron chi connectivity index (χ0n) is 7.86. The molecule has 0 aliphatic carbocycles. The SMILES string of the molecule is CC(C)Oc1cc(CN)ccn1.Cl. The lowest BCUT2D eigenvalue weighted by Crippen LogP contribution is -2.07. The Bertz CT molecular complexity index is 253. The van der Waals surface area contributed by atoms with Gasteiger partial charge in [0.2, 0.25) is 5.88 Å². The molecule has 2 N–H and O–H groups in total. The number of pyridine rings is 1. The maximum absolute atomic E-state index is 5.47. The fourth-order valence-corrected chi connectivity index (χ4v) is 0.883. The van der Waals surface area contributed by atoms with Crippen molar-refractivity contribution in [1.29, 1.82) is 0 Å². The van der Waals surface area contributed by atoms with Crippen LogP contribution in [-0.4, -0.2) is 11.1 Å². The van der Waals surface area contributed by atoms with Gasteiger partial charge in [-0.3, -0.25) is 0 Å². The second-order valence-electron chi connectivity index (χ2n) is 2.87. The maximum Gasteiger partial charge on any atom is 0.213 e. The van der Waals surface area contributed by atoms with Gasteiger partial charge in [0.1, 0.15) is 0 Å². The number of hydrogen-bond acceptors (Lipinski definition) is 3. The summed E-state index contributed by atoms with van der Waals surface area (Å²) >= 11 is 0. The molecule has 0 aliphatic heterocycles. The van der Waals surface area contributed by atoms with E-state index in [2.05, 4.69) is 4.98 Å². The maximum atomic E-state index is 5.47. The zero-order valence-corrected chi connectivity index (χ0v) is 8.67. The highest BCUT2D eigenvalue weighted by molar-refractivity contribution is 5.85. The van der Waals surface area contributed by atoms with E-state index in [1.54, 1.807) is 6.20 Å². The summed E-state index contributed by atoms with van der Waals surface area (Å²) in [6, 6.07) is 3.74. The van der Waals surface area contributed by atoms with Crippen LogP contribution in [0.1, 0.15) is 19.4 Å². The number of ether oxygens (including phenoxy) is 1. The standard InChI is InChI=1S/C9H14N2O.ClH/c1-7(2)12-9-5-8(6-10)3-4-11-9;/h3-5,7H,6,10H2,1-2H3;1H. The quantitative estimate of drug-likeness (QED) is 0.813. The molecule has 0 unspecified atom stereocenters. The van der Waals surface area contributed by atoms with Crippen LogP contribution in [0.15, 0.2) is 18.3 Å². The fourth-order valence-electron chi connectivity index (χ4n) is 0.883. The molecule has 4 heteroatoms. The fraction of sp³-hybridized carbons (Fsp3) is 0.444. The second kappa shape index (κ2) is 5.78. The summed E-state index contributed by atoms with van der Waals surface area (Å²) in [5.74, 6) is 0.646. The van der Waals surface area contributed by atoms with Crippen molar-refractivity contribution in [2.45, 2.75) is 26.5 Å². The van der Waals surface area contributed by atoms with Crippen LogP contribution in [-0.2, 0) is 6.54 Å². The number of hydrogen-bond donors (Lipinski definition) is 1. The van der Waals surface area contributed by atoms with Crippen LogP contribution >= 0.6 is 12.4 Å². The van der Waals surface area contributed by atoms with Gasteiger partial charge in [-0.1, -0.05) is 0 Å². The van der Waals surface area contributed by atoms with Crippen molar-refractivity contribution in [3.63, 3.8) is 0 Å². The van der Waals surface area contributed by atoms with Crippen LogP contribution in [0.3, 0.4) is 0 Å². The van der Waals surface area contributed by atoms with E-state index in [9.17, 15) is 0 Å². The zero-order chi connectivity index (χ0) is 8.97. The van der Waals surface area contributed by atoms with E-state index in [1.807, 2.05) is 26.0 Å². The third-order valence-corrected chi connectivity index (χ3v) is 1.39. The van der Waals surface area contributed by atoms with Crippen LogP contribution in [0.2, 0.25) is 0 Å². The Kier molecular flexibility index (Phi) is 5.42. The van der Waals surface area contributed by atoms with Crippen molar-refractivity contribution in [1.82, 2.24) is 4.98 Å².